The van der Waals surface area contributed by atoms with Gasteiger partial charge in [-0.05, 0) is 35.9 Å². The van der Waals surface area contributed by atoms with Crippen molar-refractivity contribution >= 4 is 34.3 Å². The average Bonchev–Trinajstić information content (AvgIpc) is 2.09. The summed E-state index contributed by atoms with van der Waals surface area (Å²) in [5, 5.41) is -0.693. The number of amides is 1. The second-order valence-corrected chi connectivity index (χ2v) is 2.84. The van der Waals surface area contributed by atoms with Crippen LogP contribution in [0.2, 0.25) is 0 Å². The van der Waals surface area contributed by atoms with Crippen LogP contribution in [-0.2, 0) is 0 Å². The first-order valence-electron chi connectivity index (χ1n) is 3.43. The molecular weight excluding hydrogens is 216 g/mol. The largest absolute Gasteiger partial charge is 0.321 e. The van der Waals surface area contributed by atoms with Gasteiger partial charge in [-0.3, -0.25) is 9.69 Å². The van der Waals surface area contributed by atoms with Gasteiger partial charge in [-0.25, -0.2) is 4.39 Å². The van der Waals surface area contributed by atoms with Crippen LogP contribution < -0.4 is 4.90 Å². The maximum Gasteiger partial charge on any atom is 0.321 e. The van der Waals surface area contributed by atoms with Gasteiger partial charge in [0.05, 0.1) is 0 Å². The van der Waals surface area contributed by atoms with Gasteiger partial charge in [-0.15, -0.1) is 11.6 Å². The summed E-state index contributed by atoms with van der Waals surface area (Å²) in [4.78, 5) is 11.9. The Kier molecular flexibility index (Phi) is 3.51. The molecule has 0 spiro atoms. The van der Waals surface area contributed by atoms with Gasteiger partial charge >= 0.3 is 5.37 Å². The number of hydrogen-bond donors (Lipinski definition) is 0. The van der Waals surface area contributed by atoms with Gasteiger partial charge in [-0.1, -0.05) is 0 Å². The second-order valence-electron chi connectivity index (χ2n) is 2.28. The van der Waals surface area contributed by atoms with E-state index in [2.05, 4.69) is 0 Å². The molecule has 0 N–H and O–H groups in total. The van der Waals surface area contributed by atoms with Crippen LogP contribution in [0.3, 0.4) is 0 Å². The molecule has 0 fully saturated rings. The number of carbonyl (C=O) groups is 1. The molecule has 0 atom stereocenters. The van der Waals surface area contributed by atoms with E-state index in [0.717, 1.165) is 4.90 Å². The predicted molar refractivity (Wildman–Crippen MR) is 50.8 cm³/mol. The van der Waals surface area contributed by atoms with Crippen molar-refractivity contribution in [3.8, 4) is 0 Å². The van der Waals surface area contributed by atoms with E-state index in [1.165, 1.54) is 24.3 Å². The second kappa shape index (κ2) is 4.44. The third-order valence-corrected chi connectivity index (χ3v) is 1.91. The third kappa shape index (κ3) is 2.57. The highest BCUT2D eigenvalue weighted by Gasteiger charge is 2.11. The van der Waals surface area contributed by atoms with Crippen molar-refractivity contribution in [3.05, 3.63) is 30.1 Å². The van der Waals surface area contributed by atoms with Crippen molar-refractivity contribution in [1.82, 2.24) is 0 Å². The first-order chi connectivity index (χ1) is 6.15. The molecule has 0 radical (unpaired) electrons. The number of benzene rings is 1. The standard InChI is InChI=1S/C8H6Cl2FNO/c9-5-12(8(10)13)7-3-1-6(11)2-4-7/h1-4H,5H2. The van der Waals surface area contributed by atoms with Crippen molar-refractivity contribution < 1.29 is 9.18 Å². The molecule has 1 amide bonds. The Morgan fingerprint density at radius 2 is 1.92 bits per heavy atom. The van der Waals surface area contributed by atoms with Crippen LogP contribution in [0.5, 0.6) is 0 Å². The molecule has 0 aromatic heterocycles. The number of anilines is 1. The van der Waals surface area contributed by atoms with Crippen LogP contribution in [0.15, 0.2) is 24.3 Å². The Balaban J connectivity index is 2.92. The van der Waals surface area contributed by atoms with Gasteiger partial charge in [0.25, 0.3) is 0 Å². The van der Waals surface area contributed by atoms with E-state index < -0.39 is 5.37 Å². The van der Waals surface area contributed by atoms with E-state index >= 15 is 0 Å². The number of alkyl halides is 1. The highest BCUT2D eigenvalue weighted by atomic mass is 35.5. The van der Waals surface area contributed by atoms with Gasteiger partial charge in [0.15, 0.2) is 0 Å². The Morgan fingerprint density at radius 3 is 2.31 bits per heavy atom. The van der Waals surface area contributed by atoms with Crippen molar-refractivity contribution in [3.63, 3.8) is 0 Å². The van der Waals surface area contributed by atoms with E-state index in [1.54, 1.807) is 0 Å². The topological polar surface area (TPSA) is 20.3 Å². The maximum atomic E-state index is 12.5. The molecule has 0 aliphatic carbocycles. The summed E-state index contributed by atoms with van der Waals surface area (Å²) < 4.78 is 12.5. The fourth-order valence-electron chi connectivity index (χ4n) is 0.839. The van der Waals surface area contributed by atoms with Crippen molar-refractivity contribution in [2.75, 3.05) is 10.9 Å². The zero-order chi connectivity index (χ0) is 9.84. The molecule has 0 saturated carbocycles. The minimum Gasteiger partial charge on any atom is -0.285 e. The summed E-state index contributed by atoms with van der Waals surface area (Å²) in [6, 6.07) is 5.26. The van der Waals surface area contributed by atoms with Gasteiger partial charge in [-0.2, -0.15) is 0 Å². The molecule has 1 aromatic carbocycles. The molecule has 0 aliphatic rings. The highest BCUT2D eigenvalue weighted by molar-refractivity contribution is 6.66. The number of rotatable bonds is 2. The maximum absolute atomic E-state index is 12.5. The van der Waals surface area contributed by atoms with E-state index in [-0.39, 0.29) is 11.8 Å². The molecule has 5 heteroatoms. The summed E-state index contributed by atoms with van der Waals surface area (Å²) in [5.74, 6) is -0.375. The Hall–Kier alpha value is -0.800. The van der Waals surface area contributed by atoms with Crippen LogP contribution in [0.4, 0.5) is 14.9 Å². The fourth-order valence-corrected chi connectivity index (χ4v) is 1.30. The lowest BCUT2D eigenvalue weighted by molar-refractivity contribution is 0.265. The Bertz CT molecular complexity index is 302. The minimum absolute atomic E-state index is 0.0615. The third-order valence-electron chi connectivity index (χ3n) is 1.47. The van der Waals surface area contributed by atoms with Crippen LogP contribution >= 0.6 is 23.2 Å². The molecule has 70 valence electrons. The Morgan fingerprint density at radius 1 is 1.38 bits per heavy atom. The normalized spacial score (nSPS) is 9.77. The van der Waals surface area contributed by atoms with E-state index in [4.69, 9.17) is 23.2 Å². The highest BCUT2D eigenvalue weighted by Crippen LogP contribution is 2.16. The molecule has 0 heterocycles. The van der Waals surface area contributed by atoms with Crippen molar-refractivity contribution in [1.29, 1.82) is 0 Å². The zero-order valence-corrected chi connectivity index (χ0v) is 8.02. The molecule has 0 unspecified atom stereocenters. The van der Waals surface area contributed by atoms with Crippen molar-refractivity contribution in [2.24, 2.45) is 0 Å². The van der Waals surface area contributed by atoms with Gasteiger partial charge in [0, 0.05) is 5.69 Å². The van der Waals surface area contributed by atoms with Crippen LogP contribution in [0.1, 0.15) is 0 Å². The lowest BCUT2D eigenvalue weighted by Gasteiger charge is -2.15. The molecule has 0 bridgehead atoms. The van der Waals surface area contributed by atoms with Gasteiger partial charge < -0.3 is 0 Å². The Labute approximate surface area is 84.9 Å². The van der Waals surface area contributed by atoms with E-state index in [9.17, 15) is 9.18 Å². The summed E-state index contributed by atoms with van der Waals surface area (Å²) in [6.07, 6.45) is 0. The summed E-state index contributed by atoms with van der Waals surface area (Å²) in [5.41, 5.74) is 0.469. The first-order valence-corrected chi connectivity index (χ1v) is 4.35. The number of hydrogen-bond acceptors (Lipinski definition) is 1. The molecule has 2 nitrogen and oxygen atoms in total. The lowest BCUT2D eigenvalue weighted by Crippen LogP contribution is -2.23. The zero-order valence-electron chi connectivity index (χ0n) is 6.51. The summed E-state index contributed by atoms with van der Waals surface area (Å²) in [6.45, 7) is 0. The van der Waals surface area contributed by atoms with Crippen LogP contribution in [0.25, 0.3) is 0 Å². The molecule has 1 rings (SSSR count). The lowest BCUT2D eigenvalue weighted by atomic mass is 10.3. The molecule has 0 aliphatic heterocycles. The quantitative estimate of drug-likeness (QED) is 0.427. The summed E-state index contributed by atoms with van der Waals surface area (Å²) in [7, 11) is 0. The smallest absolute Gasteiger partial charge is 0.285 e. The molecule has 13 heavy (non-hydrogen) atoms. The molecular formula is C8H6Cl2FNO. The number of halogens is 3. The number of carbonyl (C=O) groups excluding carboxylic acids is 1. The summed E-state index contributed by atoms with van der Waals surface area (Å²) >= 11 is 10.7. The fraction of sp³-hybridized carbons (Fsp3) is 0.125. The van der Waals surface area contributed by atoms with E-state index in [0.29, 0.717) is 5.69 Å². The van der Waals surface area contributed by atoms with Crippen LogP contribution in [0, 0.1) is 5.82 Å². The van der Waals surface area contributed by atoms with Crippen LogP contribution in [-0.4, -0.2) is 11.4 Å². The van der Waals surface area contributed by atoms with Gasteiger partial charge in [0.1, 0.15) is 11.8 Å². The van der Waals surface area contributed by atoms with Crippen molar-refractivity contribution in [2.45, 2.75) is 0 Å². The number of nitrogens with zero attached hydrogens (tertiary/aromatic N) is 1. The van der Waals surface area contributed by atoms with Gasteiger partial charge in [0.2, 0.25) is 0 Å². The average molecular weight is 222 g/mol. The minimum atomic E-state index is -0.693. The predicted octanol–water partition coefficient (Wildman–Crippen LogP) is 3.19. The molecule has 0 saturated heterocycles. The monoisotopic (exact) mass is 221 g/mol. The molecule has 1 aromatic rings. The first kappa shape index (κ1) is 10.3. The van der Waals surface area contributed by atoms with E-state index in [1.807, 2.05) is 0 Å². The SMILES string of the molecule is O=C(Cl)N(CCl)c1ccc(F)cc1.